The summed E-state index contributed by atoms with van der Waals surface area (Å²) in [6.45, 7) is 2.29. The predicted octanol–water partition coefficient (Wildman–Crippen LogP) is 1.77. The molecule has 1 heterocycles. The average Bonchev–Trinajstić information content (AvgIpc) is 3.38. The van der Waals surface area contributed by atoms with E-state index in [4.69, 9.17) is 9.47 Å². The number of amides is 2. The van der Waals surface area contributed by atoms with Crippen molar-refractivity contribution in [1.29, 1.82) is 0 Å². The normalized spacial score (nSPS) is 13.4. The van der Waals surface area contributed by atoms with Crippen molar-refractivity contribution in [3.8, 4) is 11.5 Å². The molecule has 1 fully saturated rings. The molecular weight excluding hydrogens is 368 g/mol. The van der Waals surface area contributed by atoms with Gasteiger partial charge in [0.1, 0.15) is 6.61 Å². The summed E-state index contributed by atoms with van der Waals surface area (Å²) in [5.41, 5.74) is 3.75. The van der Waals surface area contributed by atoms with E-state index in [-0.39, 0.29) is 6.04 Å². The van der Waals surface area contributed by atoms with Gasteiger partial charge in [0.2, 0.25) is 0 Å². The molecule has 1 aromatic heterocycles. The summed E-state index contributed by atoms with van der Waals surface area (Å²) in [4.78, 5) is 27.5. The molecule has 1 aromatic carbocycles. The lowest BCUT2D eigenvalue weighted by molar-refractivity contribution is -0.139. The van der Waals surface area contributed by atoms with Crippen molar-refractivity contribution in [3.63, 3.8) is 0 Å². The van der Waals surface area contributed by atoms with Gasteiger partial charge in [-0.15, -0.1) is 11.3 Å². The number of ether oxygens (including phenoxy) is 2. The number of aromatic nitrogens is 1. The van der Waals surface area contributed by atoms with Crippen molar-refractivity contribution in [2.75, 3.05) is 7.11 Å². The molecule has 0 aliphatic heterocycles. The van der Waals surface area contributed by atoms with Gasteiger partial charge in [0.15, 0.2) is 11.5 Å². The molecule has 1 aliphatic rings. The van der Waals surface area contributed by atoms with E-state index in [1.54, 1.807) is 36.6 Å². The fourth-order valence-electron chi connectivity index (χ4n) is 2.20. The smallest absolute Gasteiger partial charge is 0.329 e. The van der Waals surface area contributed by atoms with E-state index in [0.29, 0.717) is 23.7 Å². The molecule has 2 N–H and O–H groups in total. The number of hydrogen-bond donors (Lipinski definition) is 2. The van der Waals surface area contributed by atoms with Crippen LogP contribution in [-0.4, -0.2) is 36.2 Å². The van der Waals surface area contributed by atoms with Gasteiger partial charge in [0.05, 0.1) is 24.0 Å². The van der Waals surface area contributed by atoms with E-state index in [1.807, 2.05) is 12.3 Å². The summed E-state index contributed by atoms with van der Waals surface area (Å²) >= 11 is 1.57. The first-order valence-corrected chi connectivity index (χ1v) is 9.29. The number of carbonyl (C=O) groups is 2. The summed E-state index contributed by atoms with van der Waals surface area (Å²) in [5, 5.41) is 9.33. The van der Waals surface area contributed by atoms with Crippen LogP contribution in [0.5, 0.6) is 11.5 Å². The molecule has 0 radical (unpaired) electrons. The third-order valence-electron chi connectivity index (χ3n) is 3.73. The highest BCUT2D eigenvalue weighted by atomic mass is 32.1. The number of hydrazone groups is 1. The second-order valence-electron chi connectivity index (χ2n) is 6.00. The van der Waals surface area contributed by atoms with Gasteiger partial charge in [0, 0.05) is 11.4 Å². The summed E-state index contributed by atoms with van der Waals surface area (Å²) in [5.74, 6) is -0.353. The summed E-state index contributed by atoms with van der Waals surface area (Å²) in [6, 6.07) is 5.37. The molecule has 2 amide bonds. The van der Waals surface area contributed by atoms with E-state index in [9.17, 15) is 9.59 Å². The molecule has 1 saturated carbocycles. The highest BCUT2D eigenvalue weighted by Gasteiger charge is 2.26. The van der Waals surface area contributed by atoms with Crippen LogP contribution in [0.1, 0.15) is 29.1 Å². The van der Waals surface area contributed by atoms with Gasteiger partial charge >= 0.3 is 11.8 Å². The minimum atomic E-state index is -0.788. The lowest BCUT2D eigenvalue weighted by Crippen LogP contribution is -2.38. The highest BCUT2D eigenvalue weighted by Crippen LogP contribution is 2.28. The number of hydrogen-bond acceptors (Lipinski definition) is 7. The largest absolute Gasteiger partial charge is 0.493 e. The first kappa shape index (κ1) is 18.8. The van der Waals surface area contributed by atoms with Crippen LogP contribution in [-0.2, 0) is 16.2 Å². The van der Waals surface area contributed by atoms with Crippen LogP contribution in [0.15, 0.2) is 28.7 Å². The van der Waals surface area contributed by atoms with Crippen molar-refractivity contribution in [1.82, 2.24) is 15.7 Å². The SMILES string of the molecule is COc1cc(/C=N\NC(=O)C(=O)NC2CC2)ccc1OCc1csc(C)n1. The molecule has 2 aromatic rings. The molecule has 1 aliphatic carbocycles. The van der Waals surface area contributed by atoms with Crippen molar-refractivity contribution < 1.29 is 19.1 Å². The Kier molecular flexibility index (Phi) is 6.02. The topological polar surface area (TPSA) is 102 Å². The fraction of sp³-hybridized carbons (Fsp3) is 0.333. The second-order valence-corrected chi connectivity index (χ2v) is 7.07. The van der Waals surface area contributed by atoms with Crippen LogP contribution in [0.4, 0.5) is 0 Å². The Labute approximate surface area is 160 Å². The van der Waals surface area contributed by atoms with Crippen LogP contribution < -0.4 is 20.2 Å². The maximum atomic E-state index is 11.6. The number of rotatable bonds is 7. The second kappa shape index (κ2) is 8.63. The maximum Gasteiger partial charge on any atom is 0.329 e. The summed E-state index contributed by atoms with van der Waals surface area (Å²) in [7, 11) is 1.54. The lowest BCUT2D eigenvalue weighted by Gasteiger charge is -2.10. The minimum Gasteiger partial charge on any atom is -0.493 e. The van der Waals surface area contributed by atoms with E-state index in [2.05, 4.69) is 20.8 Å². The Morgan fingerprint density at radius 2 is 2.15 bits per heavy atom. The molecule has 142 valence electrons. The number of aryl methyl sites for hydroxylation is 1. The number of methoxy groups -OCH3 is 1. The molecule has 0 spiro atoms. The van der Waals surface area contributed by atoms with E-state index >= 15 is 0 Å². The van der Waals surface area contributed by atoms with Gasteiger partial charge in [-0.05, 0) is 43.5 Å². The molecule has 27 heavy (non-hydrogen) atoms. The molecular formula is C18H20N4O4S. The Hall–Kier alpha value is -2.94. The number of carbonyl (C=O) groups excluding carboxylic acids is 2. The first-order chi connectivity index (χ1) is 13.0. The van der Waals surface area contributed by atoms with E-state index < -0.39 is 11.8 Å². The average molecular weight is 388 g/mol. The quantitative estimate of drug-likeness (QED) is 0.428. The fourth-order valence-corrected chi connectivity index (χ4v) is 2.80. The van der Waals surface area contributed by atoms with Crippen molar-refractivity contribution >= 4 is 29.4 Å². The van der Waals surface area contributed by atoms with Gasteiger partial charge < -0.3 is 14.8 Å². The van der Waals surface area contributed by atoms with E-state index in [0.717, 1.165) is 23.5 Å². The Bertz CT molecular complexity index is 861. The van der Waals surface area contributed by atoms with E-state index in [1.165, 1.54) is 6.21 Å². The third kappa shape index (κ3) is 5.52. The standard InChI is InChI=1S/C18H20N4O4S/c1-11-20-14(10-27-11)9-26-15-6-3-12(7-16(15)25-2)8-19-22-18(24)17(23)21-13-4-5-13/h3,6-8,10,13H,4-5,9H2,1-2H3,(H,21,23)(H,22,24)/b19-8-. The number of nitrogens with one attached hydrogen (secondary N) is 2. The zero-order chi connectivity index (χ0) is 19.2. The van der Waals surface area contributed by atoms with Crippen LogP contribution >= 0.6 is 11.3 Å². The number of benzene rings is 1. The molecule has 0 unspecified atom stereocenters. The van der Waals surface area contributed by atoms with Gasteiger partial charge in [-0.3, -0.25) is 9.59 Å². The monoisotopic (exact) mass is 388 g/mol. The Morgan fingerprint density at radius 3 is 2.81 bits per heavy atom. The van der Waals surface area contributed by atoms with Crippen LogP contribution in [0.2, 0.25) is 0 Å². The highest BCUT2D eigenvalue weighted by molar-refractivity contribution is 7.09. The van der Waals surface area contributed by atoms with Crippen LogP contribution in [0.25, 0.3) is 0 Å². The lowest BCUT2D eigenvalue weighted by atomic mass is 10.2. The molecule has 3 rings (SSSR count). The Balaban J connectivity index is 1.56. The zero-order valence-corrected chi connectivity index (χ0v) is 15.8. The van der Waals surface area contributed by atoms with Crippen LogP contribution in [0.3, 0.4) is 0 Å². The Morgan fingerprint density at radius 1 is 1.33 bits per heavy atom. The molecule has 8 nitrogen and oxygen atoms in total. The third-order valence-corrected chi connectivity index (χ3v) is 4.55. The van der Waals surface area contributed by atoms with Crippen molar-refractivity contribution in [2.24, 2.45) is 5.10 Å². The number of nitrogens with zero attached hydrogens (tertiary/aromatic N) is 2. The van der Waals surface area contributed by atoms with Crippen LogP contribution in [0, 0.1) is 6.92 Å². The number of thiazole rings is 1. The van der Waals surface area contributed by atoms with Gasteiger partial charge in [-0.1, -0.05) is 0 Å². The molecule has 0 bridgehead atoms. The minimum absolute atomic E-state index is 0.122. The summed E-state index contributed by atoms with van der Waals surface area (Å²) in [6.07, 6.45) is 3.26. The maximum absolute atomic E-state index is 11.6. The van der Waals surface area contributed by atoms with Gasteiger partial charge in [-0.2, -0.15) is 5.10 Å². The van der Waals surface area contributed by atoms with Gasteiger partial charge in [0.25, 0.3) is 0 Å². The van der Waals surface area contributed by atoms with Crippen molar-refractivity contribution in [3.05, 3.63) is 39.8 Å². The van der Waals surface area contributed by atoms with Crippen molar-refractivity contribution in [2.45, 2.75) is 32.4 Å². The molecule has 0 saturated heterocycles. The van der Waals surface area contributed by atoms with Gasteiger partial charge in [-0.25, -0.2) is 10.4 Å². The molecule has 0 atom stereocenters. The predicted molar refractivity (Wildman–Crippen MR) is 101 cm³/mol. The zero-order valence-electron chi connectivity index (χ0n) is 15.0. The molecule has 9 heteroatoms. The summed E-state index contributed by atoms with van der Waals surface area (Å²) < 4.78 is 11.1. The first-order valence-electron chi connectivity index (χ1n) is 8.41.